The summed E-state index contributed by atoms with van der Waals surface area (Å²) >= 11 is 1.60. The molecule has 0 unspecified atom stereocenters. The highest BCUT2D eigenvalue weighted by Gasteiger charge is 2.19. The lowest BCUT2D eigenvalue weighted by Gasteiger charge is -2.18. The number of hydrazine groups is 1. The maximum absolute atomic E-state index is 5.47. The molecule has 100 valence electrons. The van der Waals surface area contributed by atoms with E-state index in [1.807, 2.05) is 24.3 Å². The van der Waals surface area contributed by atoms with E-state index >= 15 is 0 Å². The third-order valence-electron chi connectivity index (χ3n) is 2.49. The molecule has 0 amide bonds. The van der Waals surface area contributed by atoms with Gasteiger partial charge in [0.25, 0.3) is 0 Å². The van der Waals surface area contributed by atoms with E-state index in [2.05, 4.69) is 48.3 Å². The maximum atomic E-state index is 5.47. The van der Waals surface area contributed by atoms with Crippen LogP contribution in [0.25, 0.3) is 0 Å². The molecule has 19 heavy (non-hydrogen) atoms. The lowest BCUT2D eigenvalue weighted by Crippen LogP contribution is -2.19. The van der Waals surface area contributed by atoms with Crippen molar-refractivity contribution >= 4 is 17.6 Å². The molecular formula is C14H18N4S. The van der Waals surface area contributed by atoms with E-state index in [-0.39, 0.29) is 5.41 Å². The minimum atomic E-state index is -0.112. The highest BCUT2D eigenvalue weighted by Crippen LogP contribution is 2.29. The molecule has 0 aliphatic carbocycles. The number of nitrogens with two attached hydrogens (primary N) is 1. The molecule has 0 aliphatic rings. The summed E-state index contributed by atoms with van der Waals surface area (Å²) in [6.07, 6.45) is 0. The number of nitrogen functional groups attached to an aromatic ring is 1. The highest BCUT2D eigenvalue weighted by molar-refractivity contribution is 7.99. The molecule has 0 saturated carbocycles. The van der Waals surface area contributed by atoms with Crippen LogP contribution in [0.3, 0.4) is 0 Å². The minimum absolute atomic E-state index is 0.112. The third-order valence-corrected chi connectivity index (χ3v) is 3.41. The van der Waals surface area contributed by atoms with E-state index in [9.17, 15) is 0 Å². The first-order valence-electron chi connectivity index (χ1n) is 6.08. The van der Waals surface area contributed by atoms with Crippen molar-refractivity contribution in [1.82, 2.24) is 9.97 Å². The van der Waals surface area contributed by atoms with Crippen LogP contribution in [0.2, 0.25) is 0 Å². The highest BCUT2D eigenvalue weighted by atomic mass is 32.2. The largest absolute Gasteiger partial charge is 0.308 e. The Kier molecular flexibility index (Phi) is 4.07. The van der Waals surface area contributed by atoms with Crippen molar-refractivity contribution in [3.63, 3.8) is 0 Å². The van der Waals surface area contributed by atoms with Crippen molar-refractivity contribution in [2.45, 2.75) is 36.1 Å². The lowest BCUT2D eigenvalue weighted by molar-refractivity contribution is 0.539. The Morgan fingerprint density at radius 3 is 2.37 bits per heavy atom. The van der Waals surface area contributed by atoms with Crippen LogP contribution in [-0.4, -0.2) is 9.97 Å². The monoisotopic (exact) mass is 274 g/mol. The Morgan fingerprint density at radius 2 is 1.79 bits per heavy atom. The predicted octanol–water partition coefficient (Wildman–Crippen LogP) is 3.21. The average molecular weight is 274 g/mol. The van der Waals surface area contributed by atoms with Gasteiger partial charge in [0.2, 0.25) is 0 Å². The van der Waals surface area contributed by atoms with Gasteiger partial charge in [0.05, 0.1) is 0 Å². The van der Waals surface area contributed by atoms with Crippen LogP contribution >= 0.6 is 11.8 Å². The van der Waals surface area contributed by atoms with Gasteiger partial charge in [-0.05, 0) is 12.1 Å². The summed E-state index contributed by atoms with van der Waals surface area (Å²) in [7, 11) is 0. The fourth-order valence-electron chi connectivity index (χ4n) is 1.50. The van der Waals surface area contributed by atoms with Crippen molar-refractivity contribution in [3.8, 4) is 0 Å². The number of aromatic nitrogens is 2. The van der Waals surface area contributed by atoms with Crippen LogP contribution in [0.15, 0.2) is 46.3 Å². The predicted molar refractivity (Wildman–Crippen MR) is 79.1 cm³/mol. The molecule has 2 rings (SSSR count). The Balaban J connectivity index is 2.35. The zero-order chi connectivity index (χ0) is 13.9. The molecule has 1 aromatic heterocycles. The average Bonchev–Trinajstić information content (AvgIpc) is 2.38. The number of rotatable bonds is 3. The Labute approximate surface area is 117 Å². The second-order valence-corrected chi connectivity index (χ2v) is 6.32. The molecule has 2 aromatic rings. The zero-order valence-corrected chi connectivity index (χ0v) is 12.2. The molecule has 0 spiro atoms. The van der Waals surface area contributed by atoms with E-state index in [0.29, 0.717) is 5.82 Å². The molecule has 0 radical (unpaired) electrons. The Hall–Kier alpha value is -1.59. The van der Waals surface area contributed by atoms with Gasteiger partial charge in [-0.2, -0.15) is 0 Å². The van der Waals surface area contributed by atoms with E-state index < -0.39 is 0 Å². The van der Waals surface area contributed by atoms with Gasteiger partial charge in [0.1, 0.15) is 16.7 Å². The maximum Gasteiger partial charge on any atom is 0.144 e. The van der Waals surface area contributed by atoms with Crippen molar-refractivity contribution in [3.05, 3.63) is 42.2 Å². The van der Waals surface area contributed by atoms with Crippen LogP contribution in [0.5, 0.6) is 0 Å². The summed E-state index contributed by atoms with van der Waals surface area (Å²) in [4.78, 5) is 10.2. The second-order valence-electron chi connectivity index (χ2n) is 5.22. The van der Waals surface area contributed by atoms with Gasteiger partial charge in [-0.3, -0.25) is 0 Å². The summed E-state index contributed by atoms with van der Waals surface area (Å²) in [6.45, 7) is 6.25. The molecule has 5 heteroatoms. The molecule has 1 aromatic carbocycles. The van der Waals surface area contributed by atoms with Gasteiger partial charge in [0, 0.05) is 16.4 Å². The van der Waals surface area contributed by atoms with E-state index in [4.69, 9.17) is 5.84 Å². The Bertz CT molecular complexity index is 549. The summed E-state index contributed by atoms with van der Waals surface area (Å²) in [5.74, 6) is 6.89. The van der Waals surface area contributed by atoms with Crippen LogP contribution in [-0.2, 0) is 5.41 Å². The molecule has 3 N–H and O–H groups in total. The van der Waals surface area contributed by atoms with Gasteiger partial charge < -0.3 is 5.43 Å². The zero-order valence-electron chi connectivity index (χ0n) is 11.3. The van der Waals surface area contributed by atoms with Crippen LogP contribution < -0.4 is 11.3 Å². The first kappa shape index (κ1) is 13.8. The van der Waals surface area contributed by atoms with E-state index in [1.165, 1.54) is 0 Å². The summed E-state index contributed by atoms with van der Waals surface area (Å²) in [5, 5.41) is 0.888. The molecule has 1 heterocycles. The van der Waals surface area contributed by atoms with Crippen molar-refractivity contribution < 1.29 is 0 Å². The van der Waals surface area contributed by atoms with Gasteiger partial charge in [-0.15, -0.1) is 0 Å². The molecule has 0 atom stereocenters. The van der Waals surface area contributed by atoms with Crippen molar-refractivity contribution in [2.24, 2.45) is 5.84 Å². The second kappa shape index (κ2) is 5.59. The Morgan fingerprint density at radius 1 is 1.11 bits per heavy atom. The topological polar surface area (TPSA) is 63.8 Å². The minimum Gasteiger partial charge on any atom is -0.308 e. The molecule has 0 bridgehead atoms. The van der Waals surface area contributed by atoms with Gasteiger partial charge in [0.15, 0.2) is 0 Å². The standard InChI is InChI=1S/C14H18N4S/c1-14(2,3)13-16-11(18-15)9-12(17-13)19-10-7-5-4-6-8-10/h4-9H,15H2,1-3H3,(H,16,17,18). The summed E-state index contributed by atoms with van der Waals surface area (Å²) in [5.41, 5.74) is 2.49. The first-order valence-corrected chi connectivity index (χ1v) is 6.90. The number of anilines is 1. The fraction of sp³-hybridized carbons (Fsp3) is 0.286. The van der Waals surface area contributed by atoms with Crippen LogP contribution in [0, 0.1) is 0 Å². The van der Waals surface area contributed by atoms with Gasteiger partial charge >= 0.3 is 0 Å². The van der Waals surface area contributed by atoms with E-state index in [0.717, 1.165) is 15.7 Å². The van der Waals surface area contributed by atoms with Crippen LogP contribution in [0.1, 0.15) is 26.6 Å². The lowest BCUT2D eigenvalue weighted by atomic mass is 9.96. The fourth-order valence-corrected chi connectivity index (χ4v) is 2.33. The molecule has 4 nitrogen and oxygen atoms in total. The van der Waals surface area contributed by atoms with Gasteiger partial charge in [-0.25, -0.2) is 15.8 Å². The van der Waals surface area contributed by atoms with Crippen molar-refractivity contribution in [1.29, 1.82) is 0 Å². The first-order chi connectivity index (χ1) is 8.99. The molecule has 0 aliphatic heterocycles. The van der Waals surface area contributed by atoms with Crippen LogP contribution in [0.4, 0.5) is 5.82 Å². The van der Waals surface area contributed by atoms with Gasteiger partial charge in [-0.1, -0.05) is 50.7 Å². The number of hydrogen-bond donors (Lipinski definition) is 2. The number of nitrogens with one attached hydrogen (secondary N) is 1. The number of benzene rings is 1. The number of hydrogen-bond acceptors (Lipinski definition) is 5. The third kappa shape index (κ3) is 3.68. The SMILES string of the molecule is CC(C)(C)c1nc(NN)cc(Sc2ccccc2)n1. The quantitative estimate of drug-likeness (QED) is 0.511. The van der Waals surface area contributed by atoms with Crippen molar-refractivity contribution in [2.75, 3.05) is 5.43 Å². The smallest absolute Gasteiger partial charge is 0.144 e. The van der Waals surface area contributed by atoms with E-state index in [1.54, 1.807) is 11.8 Å². The molecular weight excluding hydrogens is 256 g/mol. The molecule has 0 saturated heterocycles. The number of nitrogens with zero attached hydrogens (tertiary/aromatic N) is 2. The summed E-state index contributed by atoms with van der Waals surface area (Å²) < 4.78 is 0. The summed E-state index contributed by atoms with van der Waals surface area (Å²) in [6, 6.07) is 12.0. The normalized spacial score (nSPS) is 11.4. The molecule has 0 fully saturated rings.